The smallest absolute Gasteiger partial charge is 0.421 e. The zero-order valence-electron chi connectivity index (χ0n) is 26.4. The predicted octanol–water partition coefficient (Wildman–Crippen LogP) is 5.79. The zero-order chi connectivity index (χ0) is 32.7. The van der Waals surface area contributed by atoms with E-state index in [2.05, 4.69) is 37.0 Å². The molecule has 11 nitrogen and oxygen atoms in total. The van der Waals surface area contributed by atoms with Crippen LogP contribution < -0.4 is 25.0 Å². The molecular formula is C32H37F3N8O3. The first kappa shape index (κ1) is 31.4. The molecule has 2 aliphatic rings. The first-order valence-corrected chi connectivity index (χ1v) is 14.9. The fourth-order valence-corrected chi connectivity index (χ4v) is 5.28. The topological polar surface area (TPSA) is 105 Å². The Balaban J connectivity index is 1.43. The number of nitrogens with one attached hydrogen (secondary N) is 2. The van der Waals surface area contributed by atoms with E-state index >= 15 is 0 Å². The molecule has 0 amide bonds. The van der Waals surface area contributed by atoms with Crippen LogP contribution in [0, 0.1) is 0 Å². The van der Waals surface area contributed by atoms with Crippen LogP contribution >= 0.6 is 0 Å². The number of halogens is 3. The molecule has 14 heteroatoms. The van der Waals surface area contributed by atoms with Gasteiger partial charge in [0.15, 0.2) is 12.0 Å². The van der Waals surface area contributed by atoms with Crippen LogP contribution in [-0.4, -0.2) is 85.2 Å². The van der Waals surface area contributed by atoms with E-state index in [9.17, 15) is 13.2 Å². The van der Waals surface area contributed by atoms with Crippen molar-refractivity contribution in [1.82, 2.24) is 24.4 Å². The van der Waals surface area contributed by atoms with Crippen molar-refractivity contribution in [3.05, 3.63) is 60.6 Å². The number of ether oxygens (including phenoxy) is 3. The minimum absolute atomic E-state index is 0.0284. The maximum Gasteiger partial charge on any atom is 0.421 e. The summed E-state index contributed by atoms with van der Waals surface area (Å²) in [6, 6.07) is 8.78. The van der Waals surface area contributed by atoms with Crippen molar-refractivity contribution in [3.8, 4) is 17.3 Å². The van der Waals surface area contributed by atoms with Crippen LogP contribution in [0.5, 0.6) is 11.5 Å². The molecule has 2 unspecified atom stereocenters. The van der Waals surface area contributed by atoms with E-state index in [-0.39, 0.29) is 30.0 Å². The fraction of sp³-hybridized carbons (Fsp3) is 0.406. The first-order chi connectivity index (χ1) is 22.0. The number of imidazole rings is 1. The Bertz CT molecular complexity index is 1750. The van der Waals surface area contributed by atoms with Crippen molar-refractivity contribution in [2.75, 3.05) is 64.0 Å². The fourth-order valence-electron chi connectivity index (χ4n) is 5.28. The molecule has 2 N–H and O–H groups in total. The van der Waals surface area contributed by atoms with E-state index < -0.39 is 11.7 Å². The number of alkyl halides is 3. The number of fused-ring (bicyclic) bond motifs is 1. The third kappa shape index (κ3) is 6.40. The molecule has 46 heavy (non-hydrogen) atoms. The Morgan fingerprint density at radius 2 is 1.85 bits per heavy atom. The normalized spacial score (nSPS) is 17.7. The first-order valence-electron chi connectivity index (χ1n) is 14.9. The van der Waals surface area contributed by atoms with Crippen molar-refractivity contribution in [2.24, 2.45) is 0 Å². The zero-order valence-corrected chi connectivity index (χ0v) is 26.4. The summed E-state index contributed by atoms with van der Waals surface area (Å²) in [7, 11) is 9.04. The maximum absolute atomic E-state index is 14.4. The molecule has 244 valence electrons. The number of methoxy groups -OCH3 is 2. The summed E-state index contributed by atoms with van der Waals surface area (Å²) in [5, 5.41) is 6.51. The van der Waals surface area contributed by atoms with Crippen LogP contribution in [0.1, 0.15) is 30.1 Å². The molecule has 2 aromatic heterocycles. The molecule has 1 aliphatic carbocycles. The Morgan fingerprint density at radius 1 is 1.07 bits per heavy atom. The Morgan fingerprint density at radius 3 is 2.48 bits per heavy atom. The summed E-state index contributed by atoms with van der Waals surface area (Å²) in [4.78, 5) is 17.5. The Labute approximate surface area is 265 Å². The molecule has 4 aromatic rings. The third-order valence-electron chi connectivity index (χ3n) is 8.03. The van der Waals surface area contributed by atoms with Gasteiger partial charge in [-0.1, -0.05) is 6.08 Å². The van der Waals surface area contributed by atoms with Crippen molar-refractivity contribution in [2.45, 2.75) is 37.3 Å². The molecule has 2 fully saturated rings. The van der Waals surface area contributed by atoms with Gasteiger partial charge in [-0.05, 0) is 45.1 Å². The number of hydrogen-bond donors (Lipinski definition) is 2. The SMILES string of the molecule is C=CC1OC1Nc1cc(Nc2ncc(C(F)(F)F)c(-n3c(C4CC4)nc4cc(OC)ccc43)n2)c(OC)cc1N(C)CCN(C)C. The molecule has 0 spiro atoms. The number of benzene rings is 2. The monoisotopic (exact) mass is 638 g/mol. The van der Waals surface area contributed by atoms with Crippen molar-refractivity contribution in [3.63, 3.8) is 0 Å². The van der Waals surface area contributed by atoms with E-state index in [1.165, 1.54) is 18.8 Å². The van der Waals surface area contributed by atoms with Gasteiger partial charge in [0.2, 0.25) is 5.95 Å². The van der Waals surface area contributed by atoms with Gasteiger partial charge in [0.1, 0.15) is 29.0 Å². The summed E-state index contributed by atoms with van der Waals surface area (Å²) >= 11 is 0. The van der Waals surface area contributed by atoms with Gasteiger partial charge in [0, 0.05) is 44.4 Å². The molecule has 1 saturated carbocycles. The summed E-state index contributed by atoms with van der Waals surface area (Å²) in [5.41, 5.74) is 2.09. The second kappa shape index (κ2) is 12.3. The summed E-state index contributed by atoms with van der Waals surface area (Å²) < 4.78 is 61.6. The molecule has 0 radical (unpaired) electrons. The molecule has 1 aliphatic heterocycles. The molecule has 1 saturated heterocycles. The Hall–Kier alpha value is -4.56. The number of anilines is 4. The van der Waals surface area contributed by atoms with Gasteiger partial charge in [-0.25, -0.2) is 9.97 Å². The molecule has 6 rings (SSSR count). The van der Waals surface area contributed by atoms with Crippen molar-refractivity contribution < 1.29 is 27.4 Å². The lowest BCUT2D eigenvalue weighted by molar-refractivity contribution is -0.137. The van der Waals surface area contributed by atoms with Gasteiger partial charge in [-0.3, -0.25) is 4.57 Å². The average Bonchev–Trinajstić information content (AvgIpc) is 3.96. The molecule has 3 heterocycles. The Kier molecular flexibility index (Phi) is 8.42. The number of hydrogen-bond acceptors (Lipinski definition) is 10. The van der Waals surface area contributed by atoms with Crippen LogP contribution in [0.25, 0.3) is 16.9 Å². The number of likely N-dealkylation sites (N-methyl/N-ethyl adjacent to an activating group) is 2. The standard InChI is InChI=1S/C32H37F3N8O3/c1-7-26-30(46-26)38-22-15-23(27(45-6)16-25(22)42(4)13-12-41(2)3)39-31-36-17-20(32(33,34)35)29(40-31)43-24-11-10-19(44-5)14-21(24)37-28(43)18-8-9-18/h7,10-11,14-18,26,30,38H,1,8-9,12-13H2,2-6H3,(H,36,39,40). The van der Waals surface area contributed by atoms with Crippen LogP contribution in [0.3, 0.4) is 0 Å². The van der Waals surface area contributed by atoms with Gasteiger partial charge in [-0.15, -0.1) is 6.58 Å². The largest absolute Gasteiger partial charge is 0.497 e. The molecule has 0 bridgehead atoms. The lowest BCUT2D eigenvalue weighted by Gasteiger charge is -2.26. The summed E-state index contributed by atoms with van der Waals surface area (Å²) in [6.45, 7) is 5.34. The van der Waals surface area contributed by atoms with Crippen LogP contribution in [0.4, 0.5) is 36.2 Å². The maximum atomic E-state index is 14.4. The van der Waals surface area contributed by atoms with Gasteiger partial charge in [-0.2, -0.15) is 18.2 Å². The van der Waals surface area contributed by atoms with E-state index in [1.54, 1.807) is 24.3 Å². The molecular weight excluding hydrogens is 601 g/mol. The van der Waals surface area contributed by atoms with E-state index in [1.807, 2.05) is 33.3 Å². The molecule has 2 atom stereocenters. The van der Waals surface area contributed by atoms with E-state index in [4.69, 9.17) is 19.2 Å². The van der Waals surface area contributed by atoms with Crippen molar-refractivity contribution in [1.29, 1.82) is 0 Å². The predicted molar refractivity (Wildman–Crippen MR) is 171 cm³/mol. The lowest BCUT2D eigenvalue weighted by atomic mass is 10.2. The van der Waals surface area contributed by atoms with Gasteiger partial charge < -0.3 is 34.6 Å². The van der Waals surface area contributed by atoms with Crippen molar-refractivity contribution >= 4 is 34.0 Å². The van der Waals surface area contributed by atoms with E-state index in [0.717, 1.165) is 43.5 Å². The quantitative estimate of drug-likeness (QED) is 0.138. The molecule has 2 aromatic carbocycles. The van der Waals surface area contributed by atoms with Crippen LogP contribution in [0.2, 0.25) is 0 Å². The van der Waals surface area contributed by atoms with Gasteiger partial charge in [0.05, 0.1) is 42.3 Å². The third-order valence-corrected chi connectivity index (χ3v) is 8.03. The second-order valence-corrected chi connectivity index (χ2v) is 11.7. The van der Waals surface area contributed by atoms with Gasteiger partial charge >= 0.3 is 6.18 Å². The van der Waals surface area contributed by atoms with E-state index in [0.29, 0.717) is 34.0 Å². The average molecular weight is 639 g/mol. The number of aromatic nitrogens is 4. The highest BCUT2D eigenvalue weighted by atomic mass is 19.4. The van der Waals surface area contributed by atoms with Gasteiger partial charge in [0.25, 0.3) is 0 Å². The second-order valence-electron chi connectivity index (χ2n) is 11.7. The highest BCUT2D eigenvalue weighted by Gasteiger charge is 2.39. The summed E-state index contributed by atoms with van der Waals surface area (Å²) in [5.74, 6) is 1.22. The lowest BCUT2D eigenvalue weighted by Crippen LogP contribution is -2.29. The minimum Gasteiger partial charge on any atom is -0.497 e. The number of rotatable bonds is 13. The van der Waals surface area contributed by atoms with Crippen LogP contribution in [-0.2, 0) is 10.9 Å². The van der Waals surface area contributed by atoms with Crippen LogP contribution in [0.15, 0.2) is 49.2 Å². The highest BCUT2D eigenvalue weighted by molar-refractivity contribution is 5.82. The number of epoxide rings is 1. The minimum atomic E-state index is -4.71. The number of nitrogens with zero attached hydrogens (tertiary/aromatic N) is 6. The summed E-state index contributed by atoms with van der Waals surface area (Å²) in [6.07, 6.45) is -0.919. The highest BCUT2D eigenvalue weighted by Crippen LogP contribution is 2.44.